The van der Waals surface area contributed by atoms with Gasteiger partial charge < -0.3 is 0 Å². The summed E-state index contributed by atoms with van der Waals surface area (Å²) < 4.78 is 0. The van der Waals surface area contributed by atoms with Gasteiger partial charge in [-0.2, -0.15) is 0 Å². The van der Waals surface area contributed by atoms with Crippen molar-refractivity contribution in [2.24, 2.45) is 0 Å². The molecule has 0 saturated carbocycles. The summed E-state index contributed by atoms with van der Waals surface area (Å²) in [4.78, 5) is 2.09. The van der Waals surface area contributed by atoms with E-state index in [0.717, 1.165) is 6.54 Å². The van der Waals surface area contributed by atoms with Gasteiger partial charge in [-0.15, -0.1) is 11.6 Å². The summed E-state index contributed by atoms with van der Waals surface area (Å²) in [5.74, 6) is 0. The average molecular weight is 184 g/mol. The average Bonchev–Trinajstić information content (AvgIpc) is 2.06. The number of hydrogen-bond donors (Lipinski definition) is 0. The number of rotatable bonds is 3. The van der Waals surface area contributed by atoms with Crippen LogP contribution in [0.5, 0.6) is 0 Å². The Kier molecular flexibility index (Phi) is 3.57. The largest absolute Gasteiger partial charge is 0.286 e. The molecule has 0 aliphatic carbocycles. The molecule has 0 heterocycles. The standard InChI is InChI=1S/C10H14ClN/c1-9(11)12(2)8-10-6-4-3-5-7-10/h3-7,9H,8H2,1-2H3. The van der Waals surface area contributed by atoms with Crippen LogP contribution in [0.4, 0.5) is 0 Å². The molecule has 66 valence electrons. The Balaban J connectivity index is 2.53. The van der Waals surface area contributed by atoms with E-state index in [2.05, 4.69) is 17.0 Å². The normalized spacial score (nSPS) is 13.3. The van der Waals surface area contributed by atoms with E-state index in [9.17, 15) is 0 Å². The fraction of sp³-hybridized carbons (Fsp3) is 0.400. The molecule has 1 aromatic carbocycles. The van der Waals surface area contributed by atoms with Crippen molar-refractivity contribution in [3.05, 3.63) is 35.9 Å². The molecule has 0 spiro atoms. The Labute approximate surface area is 79.0 Å². The lowest BCUT2D eigenvalue weighted by Crippen LogP contribution is -2.23. The van der Waals surface area contributed by atoms with Crippen LogP contribution in [-0.4, -0.2) is 17.4 Å². The summed E-state index contributed by atoms with van der Waals surface area (Å²) in [5.41, 5.74) is 1.39. The lowest BCUT2D eigenvalue weighted by Gasteiger charge is -2.18. The lowest BCUT2D eigenvalue weighted by molar-refractivity contribution is 0.315. The van der Waals surface area contributed by atoms with Crippen LogP contribution in [-0.2, 0) is 6.54 Å². The third-order valence-corrected chi connectivity index (χ3v) is 2.22. The van der Waals surface area contributed by atoms with Gasteiger partial charge in [0, 0.05) is 6.54 Å². The molecule has 0 saturated heterocycles. The van der Waals surface area contributed by atoms with Crippen molar-refractivity contribution >= 4 is 11.6 Å². The third kappa shape index (κ3) is 2.84. The molecule has 0 fully saturated rings. The second-order valence-corrected chi connectivity index (χ2v) is 3.61. The maximum atomic E-state index is 5.90. The Hall–Kier alpha value is -0.530. The molecule has 1 unspecified atom stereocenters. The predicted molar refractivity (Wildman–Crippen MR) is 53.2 cm³/mol. The Morgan fingerprint density at radius 1 is 1.33 bits per heavy atom. The maximum absolute atomic E-state index is 5.90. The molecule has 1 rings (SSSR count). The maximum Gasteiger partial charge on any atom is 0.0822 e. The number of hydrogen-bond acceptors (Lipinski definition) is 1. The molecule has 1 aromatic rings. The van der Waals surface area contributed by atoms with Gasteiger partial charge in [0.2, 0.25) is 0 Å². The van der Waals surface area contributed by atoms with Crippen LogP contribution in [0.15, 0.2) is 30.3 Å². The molecule has 0 aromatic heterocycles. The second-order valence-electron chi connectivity index (χ2n) is 2.97. The fourth-order valence-corrected chi connectivity index (χ4v) is 1.07. The van der Waals surface area contributed by atoms with Crippen molar-refractivity contribution in [2.45, 2.75) is 19.0 Å². The van der Waals surface area contributed by atoms with E-state index >= 15 is 0 Å². The van der Waals surface area contributed by atoms with Crippen LogP contribution >= 0.6 is 11.6 Å². The van der Waals surface area contributed by atoms with Crippen LogP contribution in [0, 0.1) is 0 Å². The van der Waals surface area contributed by atoms with Crippen LogP contribution in [0.25, 0.3) is 0 Å². The topological polar surface area (TPSA) is 3.24 Å². The molecule has 1 atom stereocenters. The van der Waals surface area contributed by atoms with Crippen LogP contribution < -0.4 is 0 Å². The highest BCUT2D eigenvalue weighted by Crippen LogP contribution is 2.07. The van der Waals surface area contributed by atoms with Crippen molar-refractivity contribution in [2.75, 3.05) is 7.05 Å². The highest BCUT2D eigenvalue weighted by Gasteiger charge is 2.04. The van der Waals surface area contributed by atoms with Crippen LogP contribution in [0.2, 0.25) is 0 Å². The van der Waals surface area contributed by atoms with Gasteiger partial charge in [-0.1, -0.05) is 30.3 Å². The highest BCUT2D eigenvalue weighted by atomic mass is 35.5. The van der Waals surface area contributed by atoms with Crippen LogP contribution in [0.3, 0.4) is 0 Å². The quantitative estimate of drug-likeness (QED) is 0.515. The lowest BCUT2D eigenvalue weighted by atomic mass is 10.2. The zero-order chi connectivity index (χ0) is 8.97. The molecule has 1 nitrogen and oxygen atoms in total. The summed E-state index contributed by atoms with van der Waals surface area (Å²) in [7, 11) is 2.02. The summed E-state index contributed by atoms with van der Waals surface area (Å²) in [5, 5.41) is 0. The van der Waals surface area contributed by atoms with Crippen LogP contribution in [0.1, 0.15) is 12.5 Å². The van der Waals surface area contributed by atoms with Crippen molar-refractivity contribution in [1.29, 1.82) is 0 Å². The molecular weight excluding hydrogens is 170 g/mol. The van der Waals surface area contributed by atoms with Gasteiger partial charge in [-0.05, 0) is 19.5 Å². The van der Waals surface area contributed by atoms with Gasteiger partial charge in [0.25, 0.3) is 0 Å². The second kappa shape index (κ2) is 4.48. The monoisotopic (exact) mass is 183 g/mol. The minimum atomic E-state index is 0.0882. The van der Waals surface area contributed by atoms with E-state index in [-0.39, 0.29) is 5.50 Å². The number of alkyl halides is 1. The molecular formula is C10H14ClN. The Morgan fingerprint density at radius 3 is 2.42 bits per heavy atom. The molecule has 0 amide bonds. The van der Waals surface area contributed by atoms with E-state index in [1.54, 1.807) is 0 Å². The van der Waals surface area contributed by atoms with Gasteiger partial charge in [0.05, 0.1) is 5.50 Å². The molecule has 12 heavy (non-hydrogen) atoms. The van der Waals surface area contributed by atoms with Crippen molar-refractivity contribution < 1.29 is 0 Å². The first kappa shape index (κ1) is 9.56. The van der Waals surface area contributed by atoms with Crippen molar-refractivity contribution in [1.82, 2.24) is 4.90 Å². The van der Waals surface area contributed by atoms with Gasteiger partial charge in [-0.25, -0.2) is 0 Å². The van der Waals surface area contributed by atoms with Gasteiger partial charge in [0.1, 0.15) is 0 Å². The summed E-state index contributed by atoms with van der Waals surface area (Å²) in [6.45, 7) is 2.88. The zero-order valence-electron chi connectivity index (χ0n) is 7.50. The summed E-state index contributed by atoms with van der Waals surface area (Å²) in [6, 6.07) is 10.3. The van der Waals surface area contributed by atoms with Gasteiger partial charge in [0.15, 0.2) is 0 Å². The molecule has 0 radical (unpaired) electrons. The molecule has 0 N–H and O–H groups in total. The van der Waals surface area contributed by atoms with E-state index in [0.29, 0.717) is 0 Å². The van der Waals surface area contributed by atoms with Gasteiger partial charge >= 0.3 is 0 Å². The Morgan fingerprint density at radius 2 is 1.92 bits per heavy atom. The summed E-state index contributed by atoms with van der Waals surface area (Å²) >= 11 is 5.90. The fourth-order valence-electron chi connectivity index (χ4n) is 0.997. The minimum Gasteiger partial charge on any atom is -0.286 e. The number of benzene rings is 1. The first-order valence-electron chi connectivity index (χ1n) is 4.08. The first-order chi connectivity index (χ1) is 5.70. The van der Waals surface area contributed by atoms with E-state index in [4.69, 9.17) is 11.6 Å². The minimum absolute atomic E-state index is 0.0882. The highest BCUT2D eigenvalue weighted by molar-refractivity contribution is 6.20. The van der Waals surface area contributed by atoms with E-state index in [1.807, 2.05) is 32.2 Å². The zero-order valence-corrected chi connectivity index (χ0v) is 8.25. The number of halogens is 1. The van der Waals surface area contributed by atoms with Crippen molar-refractivity contribution in [3.8, 4) is 0 Å². The molecule has 0 bridgehead atoms. The van der Waals surface area contributed by atoms with E-state index < -0.39 is 0 Å². The first-order valence-corrected chi connectivity index (χ1v) is 4.52. The summed E-state index contributed by atoms with van der Waals surface area (Å²) in [6.07, 6.45) is 0. The van der Waals surface area contributed by atoms with Gasteiger partial charge in [-0.3, -0.25) is 4.90 Å². The van der Waals surface area contributed by atoms with E-state index in [1.165, 1.54) is 5.56 Å². The molecule has 2 heteroatoms. The molecule has 0 aliphatic heterocycles. The third-order valence-electron chi connectivity index (χ3n) is 1.88. The number of nitrogens with zero attached hydrogens (tertiary/aromatic N) is 1. The van der Waals surface area contributed by atoms with Crippen molar-refractivity contribution in [3.63, 3.8) is 0 Å². The SMILES string of the molecule is CC(Cl)N(C)Cc1ccccc1. The Bertz CT molecular complexity index is 221. The smallest absolute Gasteiger partial charge is 0.0822 e. The predicted octanol–water partition coefficient (Wildman–Crippen LogP) is 2.70. The molecule has 0 aliphatic rings.